The first kappa shape index (κ1) is 19.5. The maximum atomic E-state index is 12.6. The number of nitrogens with two attached hydrogens (primary N) is 1. The molecule has 2 atom stereocenters. The summed E-state index contributed by atoms with van der Waals surface area (Å²) in [5.41, 5.74) is 6.17. The molecule has 1 fully saturated rings. The average Bonchev–Trinajstić information content (AvgIpc) is 3.08. The van der Waals surface area contributed by atoms with Gasteiger partial charge in [-0.25, -0.2) is 9.78 Å². The number of rotatable bonds is 6. The number of fused-ring (bicyclic) bond motifs is 1. The third-order valence-corrected chi connectivity index (χ3v) is 6.28. The Kier molecular flexibility index (Phi) is 5.62. The molecule has 0 radical (unpaired) electrons. The highest BCUT2D eigenvalue weighted by atomic mass is 32.2. The molecule has 27 heavy (non-hydrogen) atoms. The number of nitrogens with zero attached hydrogens (tertiary/aromatic N) is 3. The van der Waals surface area contributed by atoms with E-state index in [1.165, 1.54) is 23.8 Å². The molecule has 1 aromatic rings. The van der Waals surface area contributed by atoms with Gasteiger partial charge in [0.2, 0.25) is 0 Å². The molecule has 0 aliphatic carbocycles. The Balaban J connectivity index is 1.79. The number of aliphatic carboxylic acids is 1. The fraction of sp³-hybridized carbons (Fsp3) is 0.357. The first-order valence-corrected chi connectivity index (χ1v) is 10.1. The lowest BCUT2D eigenvalue weighted by Gasteiger charge is -2.49. The fourth-order valence-electron chi connectivity index (χ4n) is 2.71. The number of aromatic nitrogens is 1. The van der Waals surface area contributed by atoms with E-state index in [1.807, 2.05) is 0 Å². The number of β-lactam (4-membered cyclic amide) rings is 1. The van der Waals surface area contributed by atoms with Crippen molar-refractivity contribution in [2.75, 3.05) is 24.3 Å². The summed E-state index contributed by atoms with van der Waals surface area (Å²) in [6.45, 7) is 0. The highest BCUT2D eigenvalue weighted by Crippen LogP contribution is 2.40. The van der Waals surface area contributed by atoms with E-state index in [2.05, 4.69) is 32.9 Å². The number of carboxylic acid groups (broad SMARTS) is 1. The second-order valence-electron chi connectivity index (χ2n) is 5.47. The van der Waals surface area contributed by atoms with Crippen LogP contribution in [0.1, 0.15) is 5.69 Å². The number of hydrogen-bond acceptors (Lipinski definition) is 10. The Bertz CT molecular complexity index is 867. The van der Waals surface area contributed by atoms with Crippen molar-refractivity contribution in [1.29, 1.82) is 0 Å². The van der Waals surface area contributed by atoms with Gasteiger partial charge in [0, 0.05) is 16.9 Å². The molecule has 3 heterocycles. The number of carbonyl (C=O) groups excluding carboxylic acids is 2. The van der Waals surface area contributed by atoms with E-state index < -0.39 is 29.2 Å². The summed E-state index contributed by atoms with van der Waals surface area (Å²) in [6.07, 6.45) is 0. The number of hydrogen-bond donors (Lipinski definition) is 4. The molecule has 4 N–H and O–H groups in total. The Morgan fingerprint density at radius 1 is 1.59 bits per heavy atom. The molecule has 2 aliphatic heterocycles. The number of amides is 2. The maximum absolute atomic E-state index is 12.6. The first-order chi connectivity index (χ1) is 12.9. The van der Waals surface area contributed by atoms with E-state index >= 15 is 0 Å². The average molecular weight is 430 g/mol. The van der Waals surface area contributed by atoms with Gasteiger partial charge in [-0.2, -0.15) is 12.6 Å². The number of oxime groups is 1. The monoisotopic (exact) mass is 429 g/mol. The van der Waals surface area contributed by atoms with Crippen molar-refractivity contribution in [3.05, 3.63) is 22.3 Å². The second-order valence-corrected chi connectivity index (χ2v) is 7.78. The zero-order valence-electron chi connectivity index (χ0n) is 13.9. The predicted molar refractivity (Wildman–Crippen MR) is 104 cm³/mol. The first-order valence-electron chi connectivity index (χ1n) is 7.53. The Labute approximate surface area is 167 Å². The summed E-state index contributed by atoms with van der Waals surface area (Å²) in [7, 11) is 1.28. The van der Waals surface area contributed by atoms with E-state index in [9.17, 15) is 19.5 Å². The van der Waals surface area contributed by atoms with Gasteiger partial charge >= 0.3 is 5.97 Å². The van der Waals surface area contributed by atoms with Gasteiger partial charge in [0.05, 0.1) is 0 Å². The van der Waals surface area contributed by atoms with Crippen molar-refractivity contribution >= 4 is 64.4 Å². The van der Waals surface area contributed by atoms with Crippen molar-refractivity contribution in [1.82, 2.24) is 15.2 Å². The van der Waals surface area contributed by atoms with Crippen LogP contribution in [0.25, 0.3) is 0 Å². The predicted octanol–water partition coefficient (Wildman–Crippen LogP) is -0.256. The number of thiazole rings is 1. The van der Waals surface area contributed by atoms with Gasteiger partial charge in [-0.3, -0.25) is 14.5 Å². The SMILES string of the molecule is CO/N=C(\C(=O)N[C@@H]1C(=O)N2C(C(=O)O)=C(CS)CS[C@@H]12)c1csc(N)n1. The molecule has 0 saturated carbocycles. The van der Waals surface area contributed by atoms with Crippen molar-refractivity contribution in [3.63, 3.8) is 0 Å². The molecule has 0 bridgehead atoms. The summed E-state index contributed by atoms with van der Waals surface area (Å²) >= 11 is 6.62. The van der Waals surface area contributed by atoms with E-state index in [0.717, 1.165) is 11.3 Å². The van der Waals surface area contributed by atoms with Crippen molar-refractivity contribution in [2.45, 2.75) is 11.4 Å². The summed E-state index contributed by atoms with van der Waals surface area (Å²) in [5, 5.41) is 16.9. The molecule has 13 heteroatoms. The highest BCUT2D eigenvalue weighted by molar-refractivity contribution is 8.00. The van der Waals surface area contributed by atoms with Gasteiger partial charge in [-0.05, 0) is 5.57 Å². The summed E-state index contributed by atoms with van der Waals surface area (Å²) in [4.78, 5) is 46.5. The third-order valence-electron chi connectivity index (χ3n) is 3.89. The fourth-order valence-corrected chi connectivity index (χ4v) is 5.01. The lowest BCUT2D eigenvalue weighted by Crippen LogP contribution is -2.71. The lowest BCUT2D eigenvalue weighted by molar-refractivity contribution is -0.150. The molecular weight excluding hydrogens is 414 g/mol. The second kappa shape index (κ2) is 7.78. The molecule has 1 saturated heterocycles. The van der Waals surface area contributed by atoms with Crippen molar-refractivity contribution < 1.29 is 24.3 Å². The third kappa shape index (κ3) is 3.49. The minimum Gasteiger partial charge on any atom is -0.477 e. The van der Waals surface area contributed by atoms with Crippen molar-refractivity contribution in [2.24, 2.45) is 5.16 Å². The van der Waals surface area contributed by atoms with E-state index in [4.69, 9.17) is 5.73 Å². The Hall–Kier alpha value is -2.25. The minimum atomic E-state index is -1.19. The van der Waals surface area contributed by atoms with Crippen LogP contribution in [0.4, 0.5) is 5.13 Å². The minimum absolute atomic E-state index is 0.0673. The van der Waals surface area contributed by atoms with Gasteiger partial charge < -0.3 is 21.0 Å². The van der Waals surface area contributed by atoms with Gasteiger partial charge in [-0.1, -0.05) is 5.16 Å². The van der Waals surface area contributed by atoms with Crippen LogP contribution in [0.3, 0.4) is 0 Å². The summed E-state index contributed by atoms with van der Waals surface area (Å²) in [5.74, 6) is -1.72. The Morgan fingerprint density at radius 3 is 2.89 bits per heavy atom. The van der Waals surface area contributed by atoms with Gasteiger partial charge in [0.15, 0.2) is 10.8 Å². The number of carbonyl (C=O) groups is 3. The molecular formula is C14H15N5O5S3. The molecule has 0 aromatic carbocycles. The molecule has 2 amide bonds. The number of nitrogen functional groups attached to an aromatic ring is 1. The molecule has 10 nitrogen and oxygen atoms in total. The normalized spacial score (nSPS) is 22.2. The summed E-state index contributed by atoms with van der Waals surface area (Å²) in [6, 6.07) is -0.878. The van der Waals surface area contributed by atoms with Crippen LogP contribution >= 0.6 is 35.7 Å². The van der Waals surface area contributed by atoms with Crippen LogP contribution in [0.2, 0.25) is 0 Å². The maximum Gasteiger partial charge on any atom is 0.352 e. The summed E-state index contributed by atoms with van der Waals surface area (Å²) < 4.78 is 0. The van der Waals surface area contributed by atoms with Crippen LogP contribution in [0, 0.1) is 0 Å². The Morgan fingerprint density at radius 2 is 2.33 bits per heavy atom. The molecule has 1 aromatic heterocycles. The van der Waals surface area contributed by atoms with Gasteiger partial charge in [-0.15, -0.1) is 23.1 Å². The van der Waals surface area contributed by atoms with Crippen LogP contribution in [0.15, 0.2) is 21.8 Å². The van der Waals surface area contributed by atoms with Crippen molar-refractivity contribution in [3.8, 4) is 0 Å². The number of thioether (sulfide) groups is 1. The molecule has 3 rings (SSSR count). The van der Waals surface area contributed by atoms with Crippen LogP contribution in [0.5, 0.6) is 0 Å². The number of anilines is 1. The highest BCUT2D eigenvalue weighted by Gasteiger charge is 2.54. The van der Waals surface area contributed by atoms with E-state index in [1.54, 1.807) is 5.38 Å². The van der Waals surface area contributed by atoms with Gasteiger partial charge in [0.25, 0.3) is 11.8 Å². The van der Waals surface area contributed by atoms with E-state index in [-0.39, 0.29) is 28.0 Å². The zero-order valence-corrected chi connectivity index (χ0v) is 16.4. The number of carboxylic acids is 1. The van der Waals surface area contributed by atoms with Gasteiger partial charge in [0.1, 0.15) is 29.9 Å². The standard InChI is InChI=1S/C14H15N5O5S3/c1-24-18-7(6-4-27-14(15)16-6)10(20)17-8-11(21)19-9(13(22)23)5(2-25)3-26-12(8)19/h4,8,12,25H,2-3H2,1H3,(H2,15,16)(H,17,20)(H,22,23)/b18-7-/t8-,12+/m1/s1. The van der Waals surface area contributed by atoms with E-state index in [0.29, 0.717) is 11.3 Å². The molecule has 0 spiro atoms. The smallest absolute Gasteiger partial charge is 0.352 e. The van der Waals surface area contributed by atoms with Crippen LogP contribution in [-0.2, 0) is 19.2 Å². The van der Waals surface area contributed by atoms with Crippen LogP contribution in [-0.4, -0.2) is 68.5 Å². The number of nitrogens with one attached hydrogen (secondary N) is 1. The molecule has 0 unspecified atom stereocenters. The van der Waals surface area contributed by atoms with Crippen LogP contribution < -0.4 is 11.1 Å². The quantitative estimate of drug-likeness (QED) is 0.209. The molecule has 144 valence electrons. The number of thiol groups is 1. The lowest BCUT2D eigenvalue weighted by atomic mass is 10.0. The molecule has 2 aliphatic rings. The largest absolute Gasteiger partial charge is 0.477 e. The zero-order chi connectivity index (χ0) is 19.7. The topological polar surface area (TPSA) is 147 Å².